The smallest absolute Gasteiger partial charge is 0.324 e. The predicted octanol–water partition coefficient (Wildman–Crippen LogP) is 5.75. The first-order valence-corrected chi connectivity index (χ1v) is 9.98. The first kappa shape index (κ1) is 20.6. The molecule has 0 radical (unpaired) electrons. The van der Waals surface area contributed by atoms with Crippen LogP contribution in [-0.2, 0) is 6.18 Å². The summed E-state index contributed by atoms with van der Waals surface area (Å²) in [4.78, 5) is 28.9. The van der Waals surface area contributed by atoms with Crippen molar-refractivity contribution in [1.82, 2.24) is 19.9 Å². The number of carbonyl (C=O) groups is 1. The number of H-pyrrole nitrogens is 1. The van der Waals surface area contributed by atoms with E-state index in [1.54, 1.807) is 24.4 Å². The summed E-state index contributed by atoms with van der Waals surface area (Å²) in [5.41, 5.74) is 3.13. The number of amides is 1. The summed E-state index contributed by atoms with van der Waals surface area (Å²) >= 11 is 0. The van der Waals surface area contributed by atoms with E-state index in [2.05, 4.69) is 25.3 Å². The van der Waals surface area contributed by atoms with E-state index in [1.807, 2.05) is 19.1 Å². The van der Waals surface area contributed by atoms with Crippen molar-refractivity contribution in [3.63, 3.8) is 0 Å². The third kappa shape index (κ3) is 3.89. The van der Waals surface area contributed by atoms with Crippen molar-refractivity contribution in [3.8, 4) is 11.3 Å². The van der Waals surface area contributed by atoms with Crippen LogP contribution in [0.5, 0.6) is 0 Å². The average Bonchev–Trinajstić information content (AvgIpc) is 3.17. The topological polar surface area (TPSA) is 83.6 Å². The molecular weight excluding hydrogens is 431 g/mol. The fraction of sp³-hybridized carbons (Fsp3) is 0.0833. The van der Waals surface area contributed by atoms with Crippen LogP contribution in [0.4, 0.5) is 18.9 Å². The lowest BCUT2D eigenvalue weighted by molar-refractivity contribution is -0.137. The molecule has 0 spiro atoms. The van der Waals surface area contributed by atoms with E-state index < -0.39 is 17.6 Å². The Labute approximate surface area is 185 Å². The molecule has 6 nitrogen and oxygen atoms in total. The lowest BCUT2D eigenvalue weighted by Crippen LogP contribution is -2.13. The van der Waals surface area contributed by atoms with Gasteiger partial charge in [0.1, 0.15) is 17.6 Å². The van der Waals surface area contributed by atoms with Crippen molar-refractivity contribution in [1.29, 1.82) is 0 Å². The molecule has 9 heteroatoms. The van der Waals surface area contributed by atoms with Crippen LogP contribution in [0.15, 0.2) is 67.1 Å². The maximum absolute atomic E-state index is 13.0. The Kier molecular flexibility index (Phi) is 4.81. The van der Waals surface area contributed by atoms with Gasteiger partial charge in [-0.2, -0.15) is 13.2 Å². The molecule has 3 heterocycles. The quantitative estimate of drug-likeness (QED) is 0.369. The summed E-state index contributed by atoms with van der Waals surface area (Å²) in [6.07, 6.45) is -1.32. The summed E-state index contributed by atoms with van der Waals surface area (Å²) in [5.74, 6) is -0.516. The van der Waals surface area contributed by atoms with Crippen LogP contribution in [-0.4, -0.2) is 25.8 Å². The van der Waals surface area contributed by atoms with Gasteiger partial charge in [-0.3, -0.25) is 4.79 Å². The largest absolute Gasteiger partial charge is 0.416 e. The van der Waals surface area contributed by atoms with Crippen LogP contribution < -0.4 is 5.32 Å². The molecule has 0 aliphatic carbocycles. The molecule has 0 unspecified atom stereocenters. The van der Waals surface area contributed by atoms with Crippen molar-refractivity contribution in [2.45, 2.75) is 13.1 Å². The molecule has 5 aromatic rings. The zero-order valence-electron chi connectivity index (χ0n) is 17.2. The Morgan fingerprint density at radius 3 is 2.67 bits per heavy atom. The van der Waals surface area contributed by atoms with Crippen LogP contribution in [0.2, 0.25) is 0 Å². The molecule has 0 aliphatic rings. The minimum absolute atomic E-state index is 0.0654. The molecule has 0 saturated carbocycles. The molecule has 0 atom stereocenters. The van der Waals surface area contributed by atoms with E-state index in [0.29, 0.717) is 22.6 Å². The number of halogens is 3. The molecule has 3 aromatic heterocycles. The summed E-state index contributed by atoms with van der Waals surface area (Å²) in [6.45, 7) is 1.90. The number of anilines is 1. The maximum Gasteiger partial charge on any atom is 0.416 e. The van der Waals surface area contributed by atoms with Crippen LogP contribution in [0.1, 0.15) is 21.5 Å². The fourth-order valence-corrected chi connectivity index (χ4v) is 3.68. The normalized spacial score (nSPS) is 11.8. The third-order valence-corrected chi connectivity index (χ3v) is 5.36. The predicted molar refractivity (Wildman–Crippen MR) is 119 cm³/mol. The zero-order valence-corrected chi connectivity index (χ0v) is 17.2. The Bertz CT molecular complexity index is 1520. The van der Waals surface area contributed by atoms with Crippen LogP contribution >= 0.6 is 0 Å². The average molecular weight is 447 g/mol. The lowest BCUT2D eigenvalue weighted by Gasteiger charge is -2.11. The second-order valence-electron chi connectivity index (χ2n) is 7.57. The van der Waals surface area contributed by atoms with Gasteiger partial charge in [-0.05, 0) is 55.0 Å². The number of benzene rings is 2. The van der Waals surface area contributed by atoms with E-state index >= 15 is 0 Å². The number of nitrogens with zero attached hydrogens (tertiary/aromatic N) is 3. The van der Waals surface area contributed by atoms with E-state index in [-0.39, 0.29) is 5.69 Å². The highest BCUT2D eigenvalue weighted by Crippen LogP contribution is 2.31. The monoisotopic (exact) mass is 447 g/mol. The third-order valence-electron chi connectivity index (χ3n) is 5.36. The number of hydrogen-bond acceptors (Lipinski definition) is 4. The second-order valence-corrected chi connectivity index (χ2v) is 7.57. The standard InChI is InChI=1S/C24H16F3N5O/c1-13-5-6-14(23(33)30-16-4-2-3-15(10-16)24(25,26)27)9-18(13)20-8-7-17-19-11-28-12-29-21(19)32-22(17)31-20/h2-12H,1H3,(H,30,33)(H,28,29,31,32). The molecule has 0 aliphatic heterocycles. The maximum atomic E-state index is 13.0. The van der Waals surface area contributed by atoms with Gasteiger partial charge in [-0.15, -0.1) is 0 Å². The first-order chi connectivity index (χ1) is 15.8. The fourth-order valence-electron chi connectivity index (χ4n) is 3.68. The van der Waals surface area contributed by atoms with E-state index in [1.165, 1.54) is 18.5 Å². The summed E-state index contributed by atoms with van der Waals surface area (Å²) < 4.78 is 38.9. The molecule has 1 amide bonds. The van der Waals surface area contributed by atoms with Gasteiger partial charge in [0.15, 0.2) is 0 Å². The minimum Gasteiger partial charge on any atom is -0.324 e. The Morgan fingerprint density at radius 2 is 1.85 bits per heavy atom. The Balaban J connectivity index is 1.48. The highest BCUT2D eigenvalue weighted by molar-refractivity contribution is 6.06. The minimum atomic E-state index is -4.49. The van der Waals surface area contributed by atoms with Crippen molar-refractivity contribution in [3.05, 3.63) is 83.8 Å². The summed E-state index contributed by atoms with van der Waals surface area (Å²) in [6, 6.07) is 13.4. The summed E-state index contributed by atoms with van der Waals surface area (Å²) in [5, 5.41) is 4.27. The van der Waals surface area contributed by atoms with Gasteiger partial charge in [-0.25, -0.2) is 15.0 Å². The van der Waals surface area contributed by atoms with Crippen LogP contribution in [0.3, 0.4) is 0 Å². The van der Waals surface area contributed by atoms with Crippen molar-refractivity contribution in [2.24, 2.45) is 0 Å². The molecular formula is C24H16F3N5O. The van der Waals surface area contributed by atoms with E-state index in [4.69, 9.17) is 0 Å². The number of rotatable bonds is 3. The SMILES string of the molecule is Cc1ccc(C(=O)Nc2cccc(C(F)(F)F)c2)cc1-c1ccc2c(n1)[nH]c1ncncc12. The highest BCUT2D eigenvalue weighted by Gasteiger charge is 2.30. The molecule has 5 rings (SSSR count). The molecule has 2 aromatic carbocycles. The molecule has 164 valence electrons. The van der Waals surface area contributed by atoms with Gasteiger partial charge in [0.05, 0.1) is 11.3 Å². The van der Waals surface area contributed by atoms with E-state index in [0.717, 1.165) is 34.0 Å². The Morgan fingerprint density at radius 1 is 1.00 bits per heavy atom. The second kappa shape index (κ2) is 7.70. The van der Waals surface area contributed by atoms with Crippen molar-refractivity contribution >= 4 is 33.7 Å². The first-order valence-electron chi connectivity index (χ1n) is 9.98. The number of hydrogen-bond donors (Lipinski definition) is 2. The van der Waals surface area contributed by atoms with Gasteiger partial charge in [0.25, 0.3) is 5.91 Å². The Hall–Kier alpha value is -4.27. The van der Waals surface area contributed by atoms with Crippen LogP contribution in [0.25, 0.3) is 33.3 Å². The number of carbonyl (C=O) groups excluding carboxylic acids is 1. The van der Waals surface area contributed by atoms with Gasteiger partial charge in [0, 0.05) is 33.8 Å². The number of fused-ring (bicyclic) bond motifs is 3. The van der Waals surface area contributed by atoms with Crippen LogP contribution in [0, 0.1) is 6.92 Å². The van der Waals surface area contributed by atoms with Gasteiger partial charge in [0.2, 0.25) is 0 Å². The molecule has 0 saturated heterocycles. The number of aromatic nitrogens is 4. The van der Waals surface area contributed by atoms with E-state index in [9.17, 15) is 18.0 Å². The van der Waals surface area contributed by atoms with Gasteiger partial charge in [-0.1, -0.05) is 12.1 Å². The summed E-state index contributed by atoms with van der Waals surface area (Å²) in [7, 11) is 0. The molecule has 0 fully saturated rings. The lowest BCUT2D eigenvalue weighted by atomic mass is 10.0. The van der Waals surface area contributed by atoms with Gasteiger partial charge < -0.3 is 10.3 Å². The highest BCUT2D eigenvalue weighted by atomic mass is 19.4. The number of alkyl halides is 3. The van der Waals surface area contributed by atoms with Crippen molar-refractivity contribution in [2.75, 3.05) is 5.32 Å². The number of aryl methyl sites for hydroxylation is 1. The zero-order chi connectivity index (χ0) is 23.2. The molecule has 33 heavy (non-hydrogen) atoms. The number of nitrogens with one attached hydrogen (secondary N) is 2. The number of aromatic amines is 1. The van der Waals surface area contributed by atoms with Gasteiger partial charge >= 0.3 is 6.18 Å². The number of pyridine rings is 1. The van der Waals surface area contributed by atoms with Crippen molar-refractivity contribution < 1.29 is 18.0 Å². The molecule has 0 bridgehead atoms. The molecule has 2 N–H and O–H groups in total.